The Bertz CT molecular complexity index is 1180. The highest BCUT2D eigenvalue weighted by Gasteiger charge is 2.06. The second-order valence-corrected chi connectivity index (χ2v) is 7.76. The molecule has 0 aliphatic carbocycles. The van der Waals surface area contributed by atoms with Gasteiger partial charge >= 0.3 is 0 Å². The second-order valence-electron chi connectivity index (χ2n) is 7.76. The molecule has 2 heterocycles. The lowest BCUT2D eigenvalue weighted by Crippen LogP contribution is -2.37. The first-order valence-electron chi connectivity index (χ1n) is 11.2. The van der Waals surface area contributed by atoms with Crippen molar-refractivity contribution in [2.24, 2.45) is 4.99 Å². The molecule has 170 valence electrons. The molecule has 0 saturated heterocycles. The maximum atomic E-state index is 5.80. The summed E-state index contributed by atoms with van der Waals surface area (Å²) in [4.78, 5) is 13.2. The van der Waals surface area contributed by atoms with Crippen LogP contribution in [-0.2, 0) is 19.7 Å². The number of pyridine rings is 1. The molecule has 7 heteroatoms. The van der Waals surface area contributed by atoms with Crippen molar-refractivity contribution in [2.45, 2.75) is 33.0 Å². The third-order valence-corrected chi connectivity index (χ3v) is 5.42. The summed E-state index contributed by atoms with van der Waals surface area (Å²) in [6.45, 7) is 4.94. The van der Waals surface area contributed by atoms with Gasteiger partial charge in [-0.15, -0.1) is 0 Å². The molecule has 0 unspecified atom stereocenters. The lowest BCUT2D eigenvalue weighted by atomic mass is 10.2. The Morgan fingerprint density at radius 3 is 2.61 bits per heavy atom. The van der Waals surface area contributed by atoms with Gasteiger partial charge in [-0.05, 0) is 55.3 Å². The average molecular weight is 443 g/mol. The van der Waals surface area contributed by atoms with Crippen molar-refractivity contribution in [3.63, 3.8) is 0 Å². The molecule has 0 radical (unpaired) electrons. The number of hydrogen-bond acceptors (Lipinski definition) is 4. The summed E-state index contributed by atoms with van der Waals surface area (Å²) in [7, 11) is 1.79. The summed E-state index contributed by atoms with van der Waals surface area (Å²) in [6.07, 6.45) is 2.75. The minimum Gasteiger partial charge on any atom is -0.487 e. The number of fused-ring (bicyclic) bond motifs is 1. The van der Waals surface area contributed by atoms with Crippen molar-refractivity contribution in [1.82, 2.24) is 25.2 Å². The highest BCUT2D eigenvalue weighted by Crippen LogP contribution is 2.16. The first-order valence-corrected chi connectivity index (χ1v) is 11.2. The quantitative estimate of drug-likeness (QED) is 0.232. The van der Waals surface area contributed by atoms with Gasteiger partial charge in [-0.25, -0.2) is 4.98 Å². The topological polar surface area (TPSA) is 76.4 Å². The molecule has 0 aliphatic heterocycles. The van der Waals surface area contributed by atoms with E-state index in [4.69, 9.17) is 4.74 Å². The van der Waals surface area contributed by atoms with Crippen LogP contribution < -0.4 is 15.4 Å². The average Bonchev–Trinajstić information content (AvgIpc) is 3.18. The van der Waals surface area contributed by atoms with E-state index in [0.717, 1.165) is 53.8 Å². The first-order chi connectivity index (χ1) is 16.2. The van der Waals surface area contributed by atoms with Gasteiger partial charge < -0.3 is 19.9 Å². The number of imidazole rings is 1. The van der Waals surface area contributed by atoms with Gasteiger partial charge in [-0.3, -0.25) is 9.98 Å². The number of ether oxygens (including phenoxy) is 1. The predicted octanol–water partition coefficient (Wildman–Crippen LogP) is 4.07. The van der Waals surface area contributed by atoms with Gasteiger partial charge in [0, 0.05) is 32.9 Å². The number of nitrogens with one attached hydrogen (secondary N) is 2. The molecule has 0 amide bonds. The van der Waals surface area contributed by atoms with Gasteiger partial charge in [-0.2, -0.15) is 0 Å². The molecule has 0 atom stereocenters. The number of para-hydroxylation sites is 2. The summed E-state index contributed by atoms with van der Waals surface area (Å²) >= 11 is 0. The van der Waals surface area contributed by atoms with Crippen LogP contribution in [0.4, 0.5) is 0 Å². The molecule has 33 heavy (non-hydrogen) atoms. The normalized spacial score (nSPS) is 11.5. The van der Waals surface area contributed by atoms with E-state index in [1.54, 1.807) is 13.2 Å². The fraction of sp³-hybridized carbons (Fsp3) is 0.269. The van der Waals surface area contributed by atoms with Gasteiger partial charge in [0.25, 0.3) is 0 Å². The van der Waals surface area contributed by atoms with Gasteiger partial charge in [0.1, 0.15) is 18.2 Å². The Balaban J connectivity index is 1.19. The Kier molecular flexibility index (Phi) is 7.53. The number of aromatic nitrogens is 3. The maximum Gasteiger partial charge on any atom is 0.191 e. The summed E-state index contributed by atoms with van der Waals surface area (Å²) in [5.74, 6) is 2.66. The van der Waals surface area contributed by atoms with Crippen LogP contribution in [0.25, 0.3) is 11.0 Å². The molecular formula is C26H30N6O. The lowest BCUT2D eigenvalue weighted by molar-refractivity contribution is 0.301. The summed E-state index contributed by atoms with van der Waals surface area (Å²) < 4.78 is 8.07. The van der Waals surface area contributed by atoms with E-state index in [1.165, 1.54) is 5.52 Å². The molecule has 4 rings (SSSR count). The van der Waals surface area contributed by atoms with Crippen molar-refractivity contribution < 1.29 is 4.74 Å². The van der Waals surface area contributed by atoms with E-state index in [0.29, 0.717) is 13.2 Å². The molecule has 0 spiro atoms. The van der Waals surface area contributed by atoms with Crippen LogP contribution in [0.3, 0.4) is 0 Å². The SMILES string of the molecule is CN=C(NCCCn1c(C)nc2ccccc21)NCc1ccc(OCc2ccccn2)cc1. The zero-order chi connectivity index (χ0) is 22.9. The monoisotopic (exact) mass is 442 g/mol. The molecule has 0 bridgehead atoms. The first kappa shape index (κ1) is 22.3. The van der Waals surface area contributed by atoms with Crippen molar-refractivity contribution in [3.8, 4) is 5.75 Å². The fourth-order valence-corrected chi connectivity index (χ4v) is 3.67. The second kappa shape index (κ2) is 11.1. The smallest absolute Gasteiger partial charge is 0.191 e. The van der Waals surface area contributed by atoms with E-state index < -0.39 is 0 Å². The molecule has 2 N–H and O–H groups in total. The largest absolute Gasteiger partial charge is 0.487 e. The number of nitrogens with zero attached hydrogens (tertiary/aromatic N) is 4. The number of aryl methyl sites for hydroxylation is 2. The van der Waals surface area contributed by atoms with Crippen LogP contribution in [0.2, 0.25) is 0 Å². The van der Waals surface area contributed by atoms with Gasteiger partial charge in [0.15, 0.2) is 5.96 Å². The summed E-state index contributed by atoms with van der Waals surface area (Å²) in [5, 5.41) is 6.76. The van der Waals surface area contributed by atoms with E-state index in [1.807, 2.05) is 36.4 Å². The number of aliphatic imine (C=N–C) groups is 1. The number of rotatable bonds is 9. The van der Waals surface area contributed by atoms with Crippen molar-refractivity contribution >= 4 is 17.0 Å². The van der Waals surface area contributed by atoms with E-state index in [2.05, 4.69) is 67.4 Å². The van der Waals surface area contributed by atoms with Crippen LogP contribution in [0, 0.1) is 6.92 Å². The molecule has 0 aliphatic rings. The number of guanidine groups is 1. The Hall–Kier alpha value is -3.87. The van der Waals surface area contributed by atoms with Crippen molar-refractivity contribution in [2.75, 3.05) is 13.6 Å². The van der Waals surface area contributed by atoms with Crippen LogP contribution in [0.15, 0.2) is 77.9 Å². The highest BCUT2D eigenvalue weighted by molar-refractivity contribution is 5.79. The minimum absolute atomic E-state index is 0.462. The molecule has 4 aromatic rings. The Labute approximate surface area is 194 Å². The van der Waals surface area contributed by atoms with Crippen molar-refractivity contribution in [1.29, 1.82) is 0 Å². The molecule has 2 aromatic carbocycles. The maximum absolute atomic E-state index is 5.80. The van der Waals surface area contributed by atoms with Gasteiger partial charge in [0.05, 0.1) is 16.7 Å². The van der Waals surface area contributed by atoms with Crippen LogP contribution in [0.5, 0.6) is 5.75 Å². The predicted molar refractivity (Wildman–Crippen MR) is 132 cm³/mol. The number of hydrogen-bond donors (Lipinski definition) is 2. The third kappa shape index (κ3) is 6.10. The molecule has 0 fully saturated rings. The Morgan fingerprint density at radius 1 is 1.00 bits per heavy atom. The van der Waals surface area contributed by atoms with Crippen molar-refractivity contribution in [3.05, 3.63) is 90.0 Å². The zero-order valence-electron chi connectivity index (χ0n) is 19.2. The highest BCUT2D eigenvalue weighted by atomic mass is 16.5. The summed E-state index contributed by atoms with van der Waals surface area (Å²) in [6, 6.07) is 22.2. The lowest BCUT2D eigenvalue weighted by Gasteiger charge is -2.13. The van der Waals surface area contributed by atoms with Gasteiger partial charge in [-0.1, -0.05) is 30.3 Å². The Morgan fingerprint density at radius 2 is 1.82 bits per heavy atom. The third-order valence-electron chi connectivity index (χ3n) is 5.42. The van der Waals surface area contributed by atoms with Crippen LogP contribution in [-0.4, -0.2) is 34.1 Å². The van der Waals surface area contributed by atoms with Crippen LogP contribution in [0.1, 0.15) is 23.5 Å². The molecule has 7 nitrogen and oxygen atoms in total. The molecular weight excluding hydrogens is 412 g/mol. The molecule has 0 saturated carbocycles. The minimum atomic E-state index is 0.462. The standard InChI is InChI=1S/C26H30N6O/c1-20-31-24-9-3-4-10-25(24)32(20)17-7-16-29-26(27-2)30-18-21-11-13-23(14-12-21)33-19-22-8-5-6-15-28-22/h3-6,8-15H,7,16-19H2,1-2H3,(H2,27,29,30). The number of benzene rings is 2. The summed E-state index contributed by atoms with van der Waals surface area (Å²) in [5.41, 5.74) is 4.30. The van der Waals surface area contributed by atoms with E-state index in [9.17, 15) is 0 Å². The zero-order valence-corrected chi connectivity index (χ0v) is 19.2. The van der Waals surface area contributed by atoms with E-state index >= 15 is 0 Å². The van der Waals surface area contributed by atoms with Gasteiger partial charge in [0.2, 0.25) is 0 Å². The van der Waals surface area contributed by atoms with E-state index in [-0.39, 0.29) is 0 Å². The molecule has 2 aromatic heterocycles. The van der Waals surface area contributed by atoms with Crippen LogP contribution >= 0.6 is 0 Å². The fourth-order valence-electron chi connectivity index (χ4n) is 3.67.